The normalized spacial score (nSPS) is 23.3. The van der Waals surface area contributed by atoms with Crippen molar-refractivity contribution in [1.29, 1.82) is 0 Å². The molecule has 2 aliphatic heterocycles. The summed E-state index contributed by atoms with van der Waals surface area (Å²) in [6.45, 7) is 7.14. The molecule has 1 atom stereocenters. The maximum atomic E-state index is 5.34. The van der Waals surface area contributed by atoms with Gasteiger partial charge in [-0.25, -0.2) is 0 Å². The van der Waals surface area contributed by atoms with E-state index in [2.05, 4.69) is 40.0 Å². The van der Waals surface area contributed by atoms with Crippen LogP contribution >= 0.6 is 35.7 Å². The van der Waals surface area contributed by atoms with Gasteiger partial charge in [0.25, 0.3) is 0 Å². The van der Waals surface area contributed by atoms with Crippen molar-refractivity contribution in [1.82, 2.24) is 10.2 Å². The van der Waals surface area contributed by atoms with E-state index >= 15 is 0 Å². The molecule has 1 N–H and O–H groups in total. The van der Waals surface area contributed by atoms with E-state index in [-0.39, 0.29) is 24.0 Å². The monoisotopic (exact) mass is 425 g/mol. The van der Waals surface area contributed by atoms with Gasteiger partial charge in [-0.05, 0) is 19.3 Å². The summed E-state index contributed by atoms with van der Waals surface area (Å²) >= 11 is 2.09. The number of rotatable bonds is 4. The lowest BCUT2D eigenvalue weighted by molar-refractivity contribution is 0.153. The number of ether oxygens (including phenoxy) is 1. The van der Waals surface area contributed by atoms with Gasteiger partial charge in [0.05, 0.1) is 13.2 Å². The molecular weight excluding hydrogens is 397 g/mol. The van der Waals surface area contributed by atoms with Crippen molar-refractivity contribution < 1.29 is 4.74 Å². The third kappa shape index (κ3) is 6.36. The first-order valence-electron chi connectivity index (χ1n) is 7.66. The van der Waals surface area contributed by atoms with Gasteiger partial charge in [0, 0.05) is 37.7 Å². The molecule has 2 rings (SSSR count). The largest absolute Gasteiger partial charge is 0.377 e. The van der Waals surface area contributed by atoms with Crippen molar-refractivity contribution >= 4 is 41.7 Å². The second-order valence-electron chi connectivity index (χ2n) is 5.26. The summed E-state index contributed by atoms with van der Waals surface area (Å²) in [5.74, 6) is 2.28. The highest BCUT2D eigenvalue weighted by atomic mass is 127. The first-order chi connectivity index (χ1) is 9.83. The van der Waals surface area contributed by atoms with Crippen LogP contribution in [0.2, 0.25) is 0 Å². The van der Waals surface area contributed by atoms with Gasteiger partial charge in [-0.2, -0.15) is 11.8 Å². The number of hydrogen-bond acceptors (Lipinski definition) is 3. The second kappa shape index (κ2) is 10.7. The fraction of sp³-hybridized carbons (Fsp3) is 0.800. The predicted molar refractivity (Wildman–Crippen MR) is 103 cm³/mol. The lowest BCUT2D eigenvalue weighted by Crippen LogP contribution is -2.48. The Morgan fingerprint density at radius 1 is 1.57 bits per heavy atom. The number of nitrogens with one attached hydrogen (secondary N) is 1. The van der Waals surface area contributed by atoms with Crippen LogP contribution < -0.4 is 5.32 Å². The van der Waals surface area contributed by atoms with Crippen LogP contribution in [0.25, 0.3) is 0 Å². The number of hydrogen-bond donors (Lipinski definition) is 1. The number of nitrogens with zero attached hydrogens (tertiary/aromatic N) is 2. The molecule has 0 bridgehead atoms. The first kappa shape index (κ1) is 19.1. The smallest absolute Gasteiger partial charge is 0.193 e. The van der Waals surface area contributed by atoms with Gasteiger partial charge in [0.2, 0.25) is 0 Å². The molecular formula is C15H28IN3OS. The molecule has 2 aliphatic rings. The molecule has 0 saturated carbocycles. The Kier molecular flexibility index (Phi) is 9.75. The minimum Gasteiger partial charge on any atom is -0.377 e. The molecule has 1 unspecified atom stereocenters. The summed E-state index contributed by atoms with van der Waals surface area (Å²) in [6.07, 6.45) is 5.64. The van der Waals surface area contributed by atoms with Gasteiger partial charge < -0.3 is 15.0 Å². The van der Waals surface area contributed by atoms with E-state index in [1.165, 1.54) is 17.7 Å². The second-order valence-corrected chi connectivity index (χ2v) is 6.67. The molecule has 0 aromatic carbocycles. The van der Waals surface area contributed by atoms with Crippen LogP contribution in [0, 0.1) is 0 Å². The molecule has 6 heteroatoms. The number of guanidine groups is 1. The third-order valence-corrected chi connectivity index (χ3v) is 5.26. The van der Waals surface area contributed by atoms with Crippen LogP contribution in [0.1, 0.15) is 26.2 Å². The lowest BCUT2D eigenvalue weighted by Gasteiger charge is -2.34. The van der Waals surface area contributed by atoms with Crippen LogP contribution in [0.4, 0.5) is 0 Å². The topological polar surface area (TPSA) is 36.9 Å². The molecule has 2 heterocycles. The summed E-state index contributed by atoms with van der Waals surface area (Å²) in [7, 11) is 1.89. The molecule has 122 valence electrons. The summed E-state index contributed by atoms with van der Waals surface area (Å²) in [5, 5.41) is 4.27. The van der Waals surface area contributed by atoms with Gasteiger partial charge in [-0.3, -0.25) is 4.99 Å². The van der Waals surface area contributed by atoms with Crippen LogP contribution in [0.5, 0.6) is 0 Å². The van der Waals surface area contributed by atoms with Gasteiger partial charge in [-0.15, -0.1) is 24.0 Å². The minimum absolute atomic E-state index is 0. The van der Waals surface area contributed by atoms with Crippen molar-refractivity contribution in [3.8, 4) is 0 Å². The van der Waals surface area contributed by atoms with Crippen molar-refractivity contribution in [2.24, 2.45) is 4.99 Å². The van der Waals surface area contributed by atoms with Crippen LogP contribution in [-0.2, 0) is 4.74 Å². The molecule has 0 aromatic rings. The van der Waals surface area contributed by atoms with E-state index in [0.717, 1.165) is 56.9 Å². The zero-order valence-corrected chi connectivity index (χ0v) is 16.3. The Morgan fingerprint density at radius 3 is 3.10 bits per heavy atom. The third-order valence-electron chi connectivity index (χ3n) is 3.89. The summed E-state index contributed by atoms with van der Waals surface area (Å²) in [6, 6.07) is 0. The Hall–Kier alpha value is 0.0500. The quantitative estimate of drug-likeness (QED) is 0.325. The lowest BCUT2D eigenvalue weighted by atomic mass is 10.1. The van der Waals surface area contributed by atoms with E-state index in [9.17, 15) is 0 Å². The van der Waals surface area contributed by atoms with E-state index in [1.54, 1.807) is 0 Å². The molecule has 1 fully saturated rings. The average molecular weight is 425 g/mol. The summed E-state index contributed by atoms with van der Waals surface area (Å²) < 4.78 is 5.34. The predicted octanol–water partition coefficient (Wildman–Crippen LogP) is 2.74. The number of aliphatic imine (C=N–C) groups is 1. The standard InChI is InChI=1S/C15H27N3OS.HI/c1-3-14-12-18(8-11-20-14)15(16-2)17-7-4-13-5-9-19-10-6-13;/h5,14H,3-4,6-12H2,1-2H3,(H,16,17);1H. The maximum absolute atomic E-state index is 5.34. The Labute approximate surface area is 150 Å². The molecule has 21 heavy (non-hydrogen) atoms. The Balaban J connectivity index is 0.00000220. The van der Waals surface area contributed by atoms with Crippen molar-refractivity contribution in [3.63, 3.8) is 0 Å². The molecule has 1 saturated heterocycles. The van der Waals surface area contributed by atoms with Crippen LogP contribution in [-0.4, -0.2) is 61.8 Å². The van der Waals surface area contributed by atoms with E-state index < -0.39 is 0 Å². The summed E-state index contributed by atoms with van der Waals surface area (Å²) in [4.78, 5) is 6.85. The molecule has 0 aliphatic carbocycles. The minimum atomic E-state index is 0. The molecule has 0 aromatic heterocycles. The van der Waals surface area contributed by atoms with Gasteiger partial charge >= 0.3 is 0 Å². The zero-order valence-electron chi connectivity index (χ0n) is 13.1. The van der Waals surface area contributed by atoms with Gasteiger partial charge in [-0.1, -0.05) is 18.6 Å². The van der Waals surface area contributed by atoms with Gasteiger partial charge in [0.15, 0.2) is 5.96 Å². The van der Waals surface area contributed by atoms with Crippen molar-refractivity contribution in [3.05, 3.63) is 11.6 Å². The number of thioether (sulfide) groups is 1. The highest BCUT2D eigenvalue weighted by molar-refractivity contribution is 14.0. The van der Waals surface area contributed by atoms with E-state index in [0.29, 0.717) is 0 Å². The average Bonchev–Trinajstić information content (AvgIpc) is 2.52. The Morgan fingerprint density at radius 2 is 2.43 bits per heavy atom. The first-order valence-corrected chi connectivity index (χ1v) is 8.71. The highest BCUT2D eigenvalue weighted by Gasteiger charge is 2.21. The molecule has 0 spiro atoms. The van der Waals surface area contributed by atoms with Gasteiger partial charge in [0.1, 0.15) is 0 Å². The summed E-state index contributed by atoms with van der Waals surface area (Å²) in [5.41, 5.74) is 1.51. The molecule has 0 radical (unpaired) electrons. The number of halogens is 1. The zero-order chi connectivity index (χ0) is 14.2. The fourth-order valence-corrected chi connectivity index (χ4v) is 3.80. The SMILES string of the molecule is CCC1CN(C(=NC)NCCC2=CCOCC2)CCS1.I. The molecule has 0 amide bonds. The van der Waals surface area contributed by atoms with Crippen molar-refractivity contribution in [2.75, 3.05) is 45.6 Å². The van der Waals surface area contributed by atoms with Crippen molar-refractivity contribution in [2.45, 2.75) is 31.4 Å². The highest BCUT2D eigenvalue weighted by Crippen LogP contribution is 2.21. The van der Waals surface area contributed by atoms with Crippen LogP contribution in [0.3, 0.4) is 0 Å². The fourth-order valence-electron chi connectivity index (χ4n) is 2.62. The van der Waals surface area contributed by atoms with E-state index in [1.807, 2.05) is 7.05 Å². The van der Waals surface area contributed by atoms with Crippen LogP contribution in [0.15, 0.2) is 16.6 Å². The van der Waals surface area contributed by atoms with E-state index in [4.69, 9.17) is 4.74 Å². The molecule has 4 nitrogen and oxygen atoms in total. The maximum Gasteiger partial charge on any atom is 0.193 e. The Bertz CT molecular complexity index is 363.